The number of aromatic amines is 1. The average Bonchev–Trinajstić information content (AvgIpc) is 2.95. The van der Waals surface area contributed by atoms with Gasteiger partial charge in [-0.25, -0.2) is 9.69 Å². The van der Waals surface area contributed by atoms with E-state index in [0.717, 1.165) is 11.0 Å². The highest BCUT2D eigenvalue weighted by atomic mass is 79.9. The molecule has 2 heterocycles. The number of fused-ring (bicyclic) bond motifs is 1. The molecule has 0 radical (unpaired) electrons. The van der Waals surface area contributed by atoms with Crippen molar-refractivity contribution in [1.29, 1.82) is 0 Å². The van der Waals surface area contributed by atoms with Crippen molar-refractivity contribution >= 4 is 39.5 Å². The van der Waals surface area contributed by atoms with Crippen LogP contribution in [0.4, 0.5) is 5.82 Å². The van der Waals surface area contributed by atoms with E-state index in [9.17, 15) is 14.4 Å². The monoisotopic (exact) mass is 335 g/mol. The molecule has 2 N–H and O–H groups in total. The summed E-state index contributed by atoms with van der Waals surface area (Å²) >= 11 is 3.23. The molecule has 8 heteroatoms. The molecule has 0 atom stereocenters. The molecule has 7 nitrogen and oxygen atoms in total. The maximum atomic E-state index is 12.2. The van der Waals surface area contributed by atoms with Crippen LogP contribution in [0.1, 0.15) is 31.2 Å². The standard InChI is InChI=1S/C12H6BrN3O4/c13-5-1-2-6-7(3-5)11(18)16(10(6)17)9-4-8(12(19)20)14-15-9/h1-4H,(H,14,15)(H,19,20). The summed E-state index contributed by atoms with van der Waals surface area (Å²) in [5.74, 6) is -2.32. The molecule has 1 aliphatic heterocycles. The Bertz CT molecular complexity index is 768. The van der Waals surface area contributed by atoms with Gasteiger partial charge in [0.05, 0.1) is 11.1 Å². The van der Waals surface area contributed by atoms with Crippen LogP contribution >= 0.6 is 15.9 Å². The van der Waals surface area contributed by atoms with Crippen molar-refractivity contribution in [3.8, 4) is 0 Å². The number of imide groups is 1. The van der Waals surface area contributed by atoms with Gasteiger partial charge < -0.3 is 5.11 Å². The van der Waals surface area contributed by atoms with Gasteiger partial charge in [-0.15, -0.1) is 0 Å². The highest BCUT2D eigenvalue weighted by Gasteiger charge is 2.38. The third-order valence-corrected chi connectivity index (χ3v) is 3.37. The predicted octanol–water partition coefficient (Wildman–Crippen LogP) is 1.67. The maximum absolute atomic E-state index is 12.2. The minimum Gasteiger partial charge on any atom is -0.477 e. The number of nitrogens with one attached hydrogen (secondary N) is 1. The van der Waals surface area contributed by atoms with Crippen molar-refractivity contribution in [2.24, 2.45) is 0 Å². The number of nitrogens with zero attached hydrogens (tertiary/aromatic N) is 2. The summed E-state index contributed by atoms with van der Waals surface area (Å²) in [6.45, 7) is 0. The first-order chi connectivity index (χ1) is 9.49. The zero-order valence-electron chi connectivity index (χ0n) is 9.75. The van der Waals surface area contributed by atoms with Gasteiger partial charge in [-0.05, 0) is 18.2 Å². The smallest absolute Gasteiger partial charge is 0.353 e. The van der Waals surface area contributed by atoms with E-state index in [1.807, 2.05) is 0 Å². The van der Waals surface area contributed by atoms with Crippen molar-refractivity contribution in [2.75, 3.05) is 4.90 Å². The topological polar surface area (TPSA) is 103 Å². The maximum Gasteiger partial charge on any atom is 0.353 e. The Kier molecular flexibility index (Phi) is 2.68. The second kappa shape index (κ2) is 4.27. The van der Waals surface area contributed by atoms with E-state index in [4.69, 9.17) is 5.11 Å². The fourth-order valence-corrected chi connectivity index (χ4v) is 2.32. The van der Waals surface area contributed by atoms with Gasteiger partial charge in [-0.2, -0.15) is 5.10 Å². The Morgan fingerprint density at radius 1 is 1.20 bits per heavy atom. The van der Waals surface area contributed by atoms with Crippen LogP contribution in [0.5, 0.6) is 0 Å². The van der Waals surface area contributed by atoms with Crippen molar-refractivity contribution in [2.45, 2.75) is 0 Å². The normalized spacial score (nSPS) is 13.8. The lowest BCUT2D eigenvalue weighted by Crippen LogP contribution is -2.29. The molecule has 0 unspecified atom stereocenters. The van der Waals surface area contributed by atoms with Gasteiger partial charge in [0, 0.05) is 10.5 Å². The number of hydrogen-bond donors (Lipinski definition) is 2. The first-order valence-electron chi connectivity index (χ1n) is 5.46. The third kappa shape index (κ3) is 1.73. The van der Waals surface area contributed by atoms with Gasteiger partial charge in [0.2, 0.25) is 0 Å². The molecule has 1 aliphatic rings. The summed E-state index contributed by atoms with van der Waals surface area (Å²) in [5, 5.41) is 14.8. The largest absolute Gasteiger partial charge is 0.477 e. The molecule has 0 saturated heterocycles. The molecule has 20 heavy (non-hydrogen) atoms. The van der Waals surface area contributed by atoms with E-state index in [0.29, 0.717) is 4.47 Å². The van der Waals surface area contributed by atoms with Gasteiger partial charge in [0.1, 0.15) is 5.69 Å². The zero-order chi connectivity index (χ0) is 14.4. The Hall–Kier alpha value is -2.48. The summed E-state index contributed by atoms with van der Waals surface area (Å²) < 4.78 is 0.674. The molecule has 0 fully saturated rings. The highest BCUT2D eigenvalue weighted by Crippen LogP contribution is 2.29. The number of amides is 2. The number of carboxylic acids is 1. The number of carboxylic acid groups (broad SMARTS) is 1. The number of anilines is 1. The summed E-state index contributed by atoms with van der Waals surface area (Å²) in [6, 6.07) is 5.87. The zero-order valence-corrected chi connectivity index (χ0v) is 11.3. The van der Waals surface area contributed by atoms with Crippen LogP contribution in [-0.4, -0.2) is 33.1 Å². The van der Waals surface area contributed by atoms with Crippen LogP contribution in [0.2, 0.25) is 0 Å². The number of halogens is 1. The van der Waals surface area contributed by atoms with E-state index >= 15 is 0 Å². The number of aromatic carboxylic acids is 1. The highest BCUT2D eigenvalue weighted by molar-refractivity contribution is 9.10. The minimum atomic E-state index is -1.22. The molecule has 1 aromatic carbocycles. The molecule has 2 amide bonds. The fourth-order valence-electron chi connectivity index (χ4n) is 1.96. The first-order valence-corrected chi connectivity index (χ1v) is 6.25. The minimum absolute atomic E-state index is 0.0373. The van der Waals surface area contributed by atoms with Gasteiger partial charge >= 0.3 is 5.97 Å². The predicted molar refractivity (Wildman–Crippen MR) is 70.8 cm³/mol. The van der Waals surface area contributed by atoms with Crippen molar-refractivity contribution < 1.29 is 19.5 Å². The van der Waals surface area contributed by atoms with Crippen LogP contribution in [0.15, 0.2) is 28.7 Å². The van der Waals surface area contributed by atoms with Gasteiger partial charge in [0.25, 0.3) is 11.8 Å². The number of hydrogen-bond acceptors (Lipinski definition) is 4. The molecule has 100 valence electrons. The molecule has 0 bridgehead atoms. The summed E-state index contributed by atoms with van der Waals surface area (Å²) in [7, 11) is 0. The molecule has 2 aromatic rings. The average molecular weight is 336 g/mol. The van der Waals surface area contributed by atoms with Crippen molar-refractivity contribution in [3.63, 3.8) is 0 Å². The first kappa shape index (κ1) is 12.5. The molecular formula is C12H6BrN3O4. The van der Waals surface area contributed by atoms with E-state index < -0.39 is 17.8 Å². The third-order valence-electron chi connectivity index (χ3n) is 2.87. The van der Waals surface area contributed by atoms with E-state index in [-0.39, 0.29) is 22.6 Å². The van der Waals surface area contributed by atoms with Crippen LogP contribution in [-0.2, 0) is 0 Å². The Balaban J connectivity index is 2.06. The van der Waals surface area contributed by atoms with Gasteiger partial charge in [-0.3, -0.25) is 14.7 Å². The number of rotatable bonds is 2. The van der Waals surface area contributed by atoms with Gasteiger partial charge in [0.15, 0.2) is 5.82 Å². The lowest BCUT2D eigenvalue weighted by atomic mass is 10.1. The summed E-state index contributed by atoms with van der Waals surface area (Å²) in [4.78, 5) is 36.0. The SMILES string of the molecule is O=C(O)c1cc(N2C(=O)c3ccc(Br)cc3C2=O)n[nH]1. The Morgan fingerprint density at radius 2 is 1.90 bits per heavy atom. The van der Waals surface area contributed by atoms with Crippen molar-refractivity contribution in [1.82, 2.24) is 10.2 Å². The quantitative estimate of drug-likeness (QED) is 0.812. The number of H-pyrrole nitrogens is 1. The lowest BCUT2D eigenvalue weighted by Gasteiger charge is -2.08. The Labute approximate surface area is 120 Å². The second-order valence-electron chi connectivity index (χ2n) is 4.08. The van der Waals surface area contributed by atoms with Crippen LogP contribution in [0.25, 0.3) is 0 Å². The van der Waals surface area contributed by atoms with Crippen LogP contribution in [0, 0.1) is 0 Å². The summed E-state index contributed by atoms with van der Waals surface area (Å²) in [6.07, 6.45) is 0. The molecule has 3 rings (SSSR count). The Morgan fingerprint density at radius 3 is 2.55 bits per heavy atom. The molecular weight excluding hydrogens is 330 g/mol. The lowest BCUT2D eigenvalue weighted by molar-refractivity contribution is 0.0689. The fraction of sp³-hybridized carbons (Fsp3) is 0. The number of aromatic nitrogens is 2. The van der Waals surface area contributed by atoms with Crippen molar-refractivity contribution in [3.05, 3.63) is 45.6 Å². The number of carbonyl (C=O) groups excluding carboxylic acids is 2. The molecule has 1 aromatic heterocycles. The van der Waals surface area contributed by atoms with Crippen LogP contribution < -0.4 is 4.90 Å². The number of carbonyl (C=O) groups is 3. The summed E-state index contributed by atoms with van der Waals surface area (Å²) in [5.41, 5.74) is 0.320. The van der Waals surface area contributed by atoms with E-state index in [1.165, 1.54) is 6.07 Å². The second-order valence-corrected chi connectivity index (χ2v) is 5.00. The van der Waals surface area contributed by atoms with E-state index in [1.54, 1.807) is 12.1 Å². The molecule has 0 saturated carbocycles. The number of benzene rings is 1. The van der Waals surface area contributed by atoms with E-state index in [2.05, 4.69) is 26.1 Å². The van der Waals surface area contributed by atoms with Gasteiger partial charge in [-0.1, -0.05) is 15.9 Å². The molecule has 0 spiro atoms. The molecule has 0 aliphatic carbocycles. The van der Waals surface area contributed by atoms with Crippen LogP contribution in [0.3, 0.4) is 0 Å².